The maximum atomic E-state index is 9.74. The van der Waals surface area contributed by atoms with E-state index in [2.05, 4.69) is 54.7 Å². The molecule has 1 saturated carbocycles. The first-order valence-corrected chi connectivity index (χ1v) is 17.0. The Morgan fingerprint density at radius 2 is 1.76 bits per heavy atom. The Balaban J connectivity index is 1.73. The molecule has 1 fully saturated rings. The van der Waals surface area contributed by atoms with Crippen molar-refractivity contribution in [3.8, 4) is 11.5 Å². The molecule has 6 unspecified atom stereocenters. The molecule has 0 spiro atoms. The van der Waals surface area contributed by atoms with Gasteiger partial charge in [-0.15, -0.1) is 18.3 Å². The van der Waals surface area contributed by atoms with Crippen molar-refractivity contribution in [2.75, 3.05) is 33.5 Å². The third-order valence-electron chi connectivity index (χ3n) is 9.21. The number of hydrogen-bond donors (Lipinski definition) is 2. The van der Waals surface area contributed by atoms with Crippen molar-refractivity contribution >= 4 is 17.5 Å². The Bertz CT molecular complexity index is 1350. The average molecular weight is 634 g/mol. The second-order valence-electron chi connectivity index (χ2n) is 12.0. The molecule has 0 bridgehead atoms. The highest BCUT2D eigenvalue weighted by atomic mass is 32.2. The summed E-state index contributed by atoms with van der Waals surface area (Å²) in [6, 6.07) is 16.5. The van der Waals surface area contributed by atoms with Crippen LogP contribution in [0.25, 0.3) is 0 Å². The van der Waals surface area contributed by atoms with E-state index in [9.17, 15) is 10.2 Å². The van der Waals surface area contributed by atoms with Crippen molar-refractivity contribution in [2.24, 2.45) is 22.9 Å². The minimum atomic E-state index is -1.00. The number of hydrogen-bond acceptors (Lipinski definition) is 8. The monoisotopic (exact) mass is 633 g/mol. The number of allylic oxidation sites excluding steroid dienone is 1. The number of thioether (sulfide) groups is 1. The number of oxime groups is 1. The topological polar surface area (TPSA) is 89.7 Å². The van der Waals surface area contributed by atoms with Crippen molar-refractivity contribution < 1.29 is 29.3 Å². The van der Waals surface area contributed by atoms with Crippen LogP contribution in [0.5, 0.6) is 11.5 Å². The van der Waals surface area contributed by atoms with Gasteiger partial charge in [0, 0.05) is 36.0 Å². The van der Waals surface area contributed by atoms with Gasteiger partial charge in [0.15, 0.2) is 0 Å². The molecule has 0 radical (unpaired) electrons. The van der Waals surface area contributed by atoms with Crippen LogP contribution in [0.1, 0.15) is 56.4 Å². The van der Waals surface area contributed by atoms with Crippen LogP contribution in [0.2, 0.25) is 0 Å². The summed E-state index contributed by atoms with van der Waals surface area (Å²) >= 11 is 1.75. The first-order valence-electron chi connectivity index (χ1n) is 16.2. The van der Waals surface area contributed by atoms with E-state index in [1.54, 1.807) is 31.0 Å². The normalized spacial score (nSPS) is 27.5. The van der Waals surface area contributed by atoms with Crippen LogP contribution in [-0.4, -0.2) is 60.5 Å². The lowest BCUT2D eigenvalue weighted by molar-refractivity contribution is -0.223. The maximum Gasteiger partial charge on any atom is 0.231 e. The smallest absolute Gasteiger partial charge is 0.231 e. The van der Waals surface area contributed by atoms with Gasteiger partial charge in [0.25, 0.3) is 0 Å². The zero-order chi connectivity index (χ0) is 31.6. The zero-order valence-electron chi connectivity index (χ0n) is 26.3. The second kappa shape index (κ2) is 16.0. The number of benzene rings is 2. The Kier molecular flexibility index (Phi) is 11.8. The number of fused-ring (bicyclic) bond motifs is 2. The summed E-state index contributed by atoms with van der Waals surface area (Å²) < 4.78 is 20.1. The van der Waals surface area contributed by atoms with E-state index in [0.29, 0.717) is 19.6 Å². The largest absolute Gasteiger partial charge is 0.490 e. The van der Waals surface area contributed by atoms with Crippen molar-refractivity contribution in [1.29, 1.82) is 0 Å². The molecule has 0 amide bonds. The molecule has 0 aromatic heterocycles. The molecule has 242 valence electrons. The predicted molar refractivity (Wildman–Crippen MR) is 180 cm³/mol. The molecule has 8 heteroatoms. The summed E-state index contributed by atoms with van der Waals surface area (Å²) in [6.45, 7) is 8.92. The Morgan fingerprint density at radius 3 is 2.47 bits per heavy atom. The molecule has 2 aromatic rings. The molecule has 7 nitrogen and oxygen atoms in total. The molecule has 2 N–H and O–H groups in total. The van der Waals surface area contributed by atoms with Crippen LogP contribution in [0.3, 0.4) is 0 Å². The molecule has 3 aliphatic rings. The fourth-order valence-electron chi connectivity index (χ4n) is 7.44. The van der Waals surface area contributed by atoms with Gasteiger partial charge in [0.1, 0.15) is 25.2 Å². The summed E-state index contributed by atoms with van der Waals surface area (Å²) in [7, 11) is 1.61. The van der Waals surface area contributed by atoms with Crippen molar-refractivity contribution in [3.63, 3.8) is 0 Å². The quantitative estimate of drug-likeness (QED) is 0.107. The average Bonchev–Trinajstić information content (AvgIpc) is 3.06. The van der Waals surface area contributed by atoms with E-state index in [-0.39, 0.29) is 42.1 Å². The van der Waals surface area contributed by atoms with Crippen LogP contribution in [0.15, 0.2) is 95.5 Å². The first kappa shape index (κ1) is 33.3. The van der Waals surface area contributed by atoms with E-state index in [4.69, 9.17) is 19.0 Å². The molecule has 0 saturated heterocycles. The highest BCUT2D eigenvalue weighted by Crippen LogP contribution is 2.63. The van der Waals surface area contributed by atoms with E-state index in [1.807, 2.05) is 18.2 Å². The van der Waals surface area contributed by atoms with Gasteiger partial charge in [0.2, 0.25) is 5.79 Å². The van der Waals surface area contributed by atoms with E-state index in [0.717, 1.165) is 71.8 Å². The van der Waals surface area contributed by atoms with Crippen LogP contribution in [-0.2, 0) is 9.57 Å². The van der Waals surface area contributed by atoms with Crippen molar-refractivity contribution in [2.45, 2.75) is 66.8 Å². The van der Waals surface area contributed by atoms with Gasteiger partial charge in [0.05, 0.1) is 23.5 Å². The lowest BCUT2D eigenvalue weighted by Gasteiger charge is -2.58. The fraction of sp³-hybridized carbons (Fsp3) is 0.486. The predicted octanol–water partition coefficient (Wildman–Crippen LogP) is 7.31. The Morgan fingerprint density at radius 1 is 1.00 bits per heavy atom. The van der Waals surface area contributed by atoms with Crippen molar-refractivity contribution in [3.05, 3.63) is 91.1 Å². The van der Waals surface area contributed by atoms with Gasteiger partial charge in [-0.3, -0.25) is 0 Å². The zero-order valence-corrected chi connectivity index (χ0v) is 27.1. The lowest BCUT2D eigenvalue weighted by Crippen LogP contribution is -2.64. The summed E-state index contributed by atoms with van der Waals surface area (Å²) in [5.41, 5.74) is 3.14. The Labute approximate surface area is 272 Å². The van der Waals surface area contributed by atoms with Gasteiger partial charge in [-0.05, 0) is 73.4 Å². The van der Waals surface area contributed by atoms with Crippen LogP contribution in [0, 0.1) is 17.8 Å². The van der Waals surface area contributed by atoms with Gasteiger partial charge in [-0.1, -0.05) is 61.0 Å². The van der Waals surface area contributed by atoms with Gasteiger partial charge >= 0.3 is 0 Å². The summed E-state index contributed by atoms with van der Waals surface area (Å²) in [6.07, 6.45) is 11.8. The van der Waals surface area contributed by atoms with Crippen LogP contribution >= 0.6 is 11.8 Å². The number of unbranched alkanes of at least 4 members (excludes halogenated alkanes) is 2. The third kappa shape index (κ3) is 7.19. The van der Waals surface area contributed by atoms with Gasteiger partial charge in [-0.2, -0.15) is 0 Å². The minimum absolute atomic E-state index is 0.0323. The molecular weight excluding hydrogens is 586 g/mol. The Hall–Kier alpha value is -3.04. The molecule has 5 rings (SSSR count). The lowest BCUT2D eigenvalue weighted by atomic mass is 9.56. The van der Waals surface area contributed by atoms with Gasteiger partial charge in [-0.25, -0.2) is 0 Å². The molecule has 6 atom stereocenters. The van der Waals surface area contributed by atoms with Crippen LogP contribution in [0.4, 0.5) is 0 Å². The molecule has 45 heavy (non-hydrogen) atoms. The number of aliphatic hydroxyl groups excluding tert-OH is 2. The SMILES string of the molecule is C=CCOc1ccc2c(c1)C1C(CCCCO)C(CCCCO)C=C3C(=NOC)CC(Sc4ccccc4)C(OCC=C)(O2)C31. The second-order valence-corrected chi connectivity index (χ2v) is 13.2. The number of nitrogens with zero attached hydrogens (tertiary/aromatic N) is 1. The van der Waals surface area contributed by atoms with Crippen LogP contribution < -0.4 is 9.47 Å². The molecule has 1 aliphatic heterocycles. The minimum Gasteiger partial charge on any atom is -0.490 e. The summed E-state index contributed by atoms with van der Waals surface area (Å²) in [5.74, 6) is 0.932. The molecule has 2 aromatic carbocycles. The number of aliphatic hydroxyl groups is 2. The summed E-state index contributed by atoms with van der Waals surface area (Å²) in [5, 5.41) is 23.9. The van der Waals surface area contributed by atoms with E-state index >= 15 is 0 Å². The third-order valence-corrected chi connectivity index (χ3v) is 10.5. The number of rotatable bonds is 17. The first-order chi connectivity index (χ1) is 22.1. The number of ether oxygens (including phenoxy) is 3. The van der Waals surface area contributed by atoms with Crippen molar-refractivity contribution in [1.82, 2.24) is 0 Å². The van der Waals surface area contributed by atoms with E-state index in [1.165, 1.54) is 0 Å². The van der Waals surface area contributed by atoms with E-state index < -0.39 is 5.79 Å². The molecule has 1 heterocycles. The summed E-state index contributed by atoms with van der Waals surface area (Å²) in [4.78, 5) is 6.62. The fourth-order valence-corrected chi connectivity index (χ4v) is 8.75. The maximum absolute atomic E-state index is 9.74. The highest BCUT2D eigenvalue weighted by molar-refractivity contribution is 8.00. The highest BCUT2D eigenvalue weighted by Gasteiger charge is 2.64. The standard InChI is InChI=1S/C37H47NO6S/c1-4-21-42-27-17-18-33-31(24-27)35-29(16-10-12-20-40)26(13-9-11-19-39)23-30-32(38-41-3)25-34(45-28-14-7-6-8-15-28)37(44-33,36(30)35)43-22-5-2/h4-8,14-15,17-18,23-24,26,29,34-36,39-40H,1-2,9-13,16,19-22,25H2,3H3. The molecular formula is C37H47NO6S. The molecule has 2 aliphatic carbocycles. The van der Waals surface area contributed by atoms with Gasteiger partial charge < -0.3 is 29.3 Å².